The van der Waals surface area contributed by atoms with Gasteiger partial charge in [0.05, 0.1) is 11.1 Å². The van der Waals surface area contributed by atoms with Crippen molar-refractivity contribution < 1.29 is 22.4 Å². The fourth-order valence-electron chi connectivity index (χ4n) is 6.61. The van der Waals surface area contributed by atoms with Gasteiger partial charge >= 0.3 is 6.18 Å². The molecule has 0 aliphatic heterocycles. The Morgan fingerprint density at radius 2 is 1.52 bits per heavy atom. The zero-order valence-corrected chi connectivity index (χ0v) is 25.4. The standard InChI is InChI=1S/C33H44F4N4O/c1-20-14-27-28(32(4,5)13-12-31(27,2)3)15-23(20)19-41(18-22-8-6-21(7-9-22)17-40-30(38)39)29(42)25-11-10-24(34)16-26(25)33(35,36)37/h10-11,14-16,21-22H,6-9,12-13,17-19H2,1-5H3,(H4,38,39,40). The predicted molar refractivity (Wildman–Crippen MR) is 159 cm³/mol. The van der Waals surface area contributed by atoms with Crippen molar-refractivity contribution in [3.05, 3.63) is 69.5 Å². The molecule has 9 heteroatoms. The van der Waals surface area contributed by atoms with Gasteiger partial charge in [0.2, 0.25) is 0 Å². The number of nitrogens with two attached hydrogens (primary N) is 2. The van der Waals surface area contributed by atoms with E-state index in [0.717, 1.165) is 61.8 Å². The highest BCUT2D eigenvalue weighted by Crippen LogP contribution is 2.47. The lowest BCUT2D eigenvalue weighted by Crippen LogP contribution is -2.38. The Labute approximate surface area is 246 Å². The van der Waals surface area contributed by atoms with Crippen molar-refractivity contribution in [3.8, 4) is 0 Å². The fourth-order valence-corrected chi connectivity index (χ4v) is 6.61. The second kappa shape index (κ2) is 11.9. The maximum atomic E-state index is 14.0. The zero-order valence-electron chi connectivity index (χ0n) is 25.4. The number of fused-ring (bicyclic) bond motifs is 1. The summed E-state index contributed by atoms with van der Waals surface area (Å²) in [6.07, 6.45) is 0.588. The summed E-state index contributed by atoms with van der Waals surface area (Å²) in [6.45, 7) is 12.0. The van der Waals surface area contributed by atoms with E-state index in [1.54, 1.807) is 4.90 Å². The van der Waals surface area contributed by atoms with Gasteiger partial charge in [-0.3, -0.25) is 9.79 Å². The van der Waals surface area contributed by atoms with Gasteiger partial charge < -0.3 is 16.4 Å². The van der Waals surface area contributed by atoms with Gasteiger partial charge in [0.15, 0.2) is 5.96 Å². The lowest BCUT2D eigenvalue weighted by Gasteiger charge is -2.42. The summed E-state index contributed by atoms with van der Waals surface area (Å²) in [5, 5.41) is 0. The second-order valence-corrected chi connectivity index (χ2v) is 13.6. The molecule has 2 aromatic rings. The average molecular weight is 589 g/mol. The Hall–Kier alpha value is -3.10. The molecule has 0 radical (unpaired) electrons. The van der Waals surface area contributed by atoms with Gasteiger partial charge in [-0.2, -0.15) is 13.2 Å². The van der Waals surface area contributed by atoms with E-state index in [1.807, 2.05) is 6.92 Å². The van der Waals surface area contributed by atoms with Gasteiger partial charge in [0.25, 0.3) is 5.91 Å². The number of aryl methyl sites for hydroxylation is 1. The first-order valence-corrected chi connectivity index (χ1v) is 14.8. The molecule has 2 aliphatic carbocycles. The minimum absolute atomic E-state index is 0.0105. The van der Waals surface area contributed by atoms with E-state index in [2.05, 4.69) is 44.8 Å². The van der Waals surface area contributed by atoms with E-state index in [9.17, 15) is 22.4 Å². The van der Waals surface area contributed by atoms with Crippen LogP contribution in [0.25, 0.3) is 0 Å². The second-order valence-electron chi connectivity index (χ2n) is 13.6. The number of carbonyl (C=O) groups is 1. The quantitative estimate of drug-likeness (QED) is 0.203. The number of benzene rings is 2. The first-order valence-electron chi connectivity index (χ1n) is 14.8. The van der Waals surface area contributed by atoms with Crippen molar-refractivity contribution in [3.63, 3.8) is 0 Å². The third-order valence-corrected chi connectivity index (χ3v) is 9.45. The van der Waals surface area contributed by atoms with Crippen LogP contribution in [0.4, 0.5) is 17.6 Å². The molecule has 0 saturated heterocycles. The molecule has 0 heterocycles. The van der Waals surface area contributed by atoms with Crippen LogP contribution in [0, 0.1) is 24.6 Å². The van der Waals surface area contributed by atoms with Crippen molar-refractivity contribution in [2.24, 2.45) is 28.3 Å². The van der Waals surface area contributed by atoms with Crippen LogP contribution in [-0.2, 0) is 23.6 Å². The molecule has 230 valence electrons. The molecular formula is C33H44F4N4O. The number of rotatable bonds is 7. The van der Waals surface area contributed by atoms with Crippen LogP contribution in [0.5, 0.6) is 0 Å². The average Bonchev–Trinajstić information content (AvgIpc) is 2.90. The monoisotopic (exact) mass is 588 g/mol. The fraction of sp³-hybridized carbons (Fsp3) is 0.576. The smallest absolute Gasteiger partial charge is 0.370 e. The number of carbonyl (C=O) groups excluding carboxylic acids is 1. The van der Waals surface area contributed by atoms with Gasteiger partial charge in [-0.25, -0.2) is 4.39 Å². The summed E-state index contributed by atoms with van der Waals surface area (Å²) in [7, 11) is 0. The van der Waals surface area contributed by atoms with E-state index in [1.165, 1.54) is 11.1 Å². The molecule has 0 unspecified atom stereocenters. The summed E-state index contributed by atoms with van der Waals surface area (Å²) in [4.78, 5) is 19.6. The molecule has 2 aliphatic rings. The summed E-state index contributed by atoms with van der Waals surface area (Å²) in [6, 6.07) is 6.65. The van der Waals surface area contributed by atoms with Gasteiger partial charge in [0, 0.05) is 19.6 Å². The highest BCUT2D eigenvalue weighted by atomic mass is 19.4. The van der Waals surface area contributed by atoms with Crippen molar-refractivity contribution in [1.29, 1.82) is 0 Å². The molecule has 1 amide bonds. The van der Waals surface area contributed by atoms with E-state index in [-0.39, 0.29) is 29.3 Å². The molecule has 42 heavy (non-hydrogen) atoms. The molecule has 4 N–H and O–H groups in total. The largest absolute Gasteiger partial charge is 0.417 e. The van der Waals surface area contributed by atoms with E-state index in [0.29, 0.717) is 25.1 Å². The van der Waals surface area contributed by atoms with Crippen LogP contribution < -0.4 is 11.5 Å². The van der Waals surface area contributed by atoms with E-state index in [4.69, 9.17) is 11.5 Å². The number of amides is 1. The van der Waals surface area contributed by atoms with Gasteiger partial charge in [-0.15, -0.1) is 0 Å². The molecular weight excluding hydrogens is 544 g/mol. The minimum atomic E-state index is -4.86. The van der Waals surface area contributed by atoms with E-state index < -0.39 is 29.0 Å². The number of hydrogen-bond donors (Lipinski definition) is 2. The van der Waals surface area contributed by atoms with Crippen molar-refractivity contribution >= 4 is 11.9 Å². The molecule has 2 aromatic carbocycles. The Morgan fingerprint density at radius 3 is 2.10 bits per heavy atom. The minimum Gasteiger partial charge on any atom is -0.370 e. The summed E-state index contributed by atoms with van der Waals surface area (Å²) in [5.41, 5.74) is 13.6. The zero-order chi connectivity index (χ0) is 31.0. The Bertz CT molecular complexity index is 1340. The van der Waals surface area contributed by atoms with Crippen LogP contribution in [0.2, 0.25) is 0 Å². The molecule has 1 saturated carbocycles. The first-order chi connectivity index (χ1) is 19.5. The highest BCUT2D eigenvalue weighted by molar-refractivity contribution is 5.96. The Kier molecular flexibility index (Phi) is 9.00. The highest BCUT2D eigenvalue weighted by Gasteiger charge is 2.39. The maximum Gasteiger partial charge on any atom is 0.417 e. The van der Waals surface area contributed by atoms with E-state index >= 15 is 0 Å². The lowest BCUT2D eigenvalue weighted by molar-refractivity contribution is -0.138. The van der Waals surface area contributed by atoms with Gasteiger partial charge in [0.1, 0.15) is 5.82 Å². The molecule has 0 atom stereocenters. The number of halogens is 4. The molecule has 0 bridgehead atoms. The molecule has 4 rings (SSSR count). The lowest BCUT2D eigenvalue weighted by atomic mass is 9.62. The number of hydrogen-bond acceptors (Lipinski definition) is 2. The molecule has 0 aromatic heterocycles. The van der Waals surface area contributed by atoms with Crippen LogP contribution in [-0.4, -0.2) is 29.9 Å². The number of nitrogens with zero attached hydrogens (tertiary/aromatic N) is 2. The van der Waals surface area contributed by atoms with Gasteiger partial charge in [-0.1, -0.05) is 39.8 Å². The Morgan fingerprint density at radius 1 is 0.952 bits per heavy atom. The SMILES string of the molecule is Cc1cc2c(cc1CN(CC1CCC(CN=C(N)N)CC1)C(=O)c1ccc(F)cc1C(F)(F)F)C(C)(C)CCC2(C)C. The van der Waals surface area contributed by atoms with Crippen LogP contribution in [0.1, 0.15) is 104 Å². The van der Waals surface area contributed by atoms with Crippen molar-refractivity contribution in [1.82, 2.24) is 4.90 Å². The number of alkyl halides is 3. The van der Waals surface area contributed by atoms with Crippen molar-refractivity contribution in [2.45, 2.75) is 96.7 Å². The topological polar surface area (TPSA) is 84.7 Å². The third kappa shape index (κ3) is 7.09. The predicted octanol–water partition coefficient (Wildman–Crippen LogP) is 7.22. The first kappa shape index (κ1) is 31.8. The normalized spacial score (nSPS) is 21.4. The third-order valence-electron chi connectivity index (χ3n) is 9.45. The summed E-state index contributed by atoms with van der Waals surface area (Å²) in [5.74, 6) is -1.26. The van der Waals surface area contributed by atoms with Crippen LogP contribution >= 0.6 is 0 Å². The maximum absolute atomic E-state index is 14.0. The molecule has 0 spiro atoms. The van der Waals surface area contributed by atoms with Crippen LogP contribution in [0.3, 0.4) is 0 Å². The number of guanidine groups is 1. The van der Waals surface area contributed by atoms with Gasteiger partial charge in [-0.05, 0) is 109 Å². The van der Waals surface area contributed by atoms with Crippen LogP contribution in [0.15, 0.2) is 35.3 Å². The summed E-state index contributed by atoms with van der Waals surface area (Å²) >= 11 is 0. The molecule has 5 nitrogen and oxygen atoms in total. The Balaban J connectivity index is 1.68. The number of aliphatic imine (C=N–C) groups is 1. The van der Waals surface area contributed by atoms with Crippen molar-refractivity contribution in [2.75, 3.05) is 13.1 Å². The molecule has 1 fully saturated rings. The summed E-state index contributed by atoms with van der Waals surface area (Å²) < 4.78 is 55.8.